The normalized spacial score (nSPS) is 53.8. The molecular weight excluding hydrogens is 350 g/mol. The van der Waals surface area contributed by atoms with E-state index in [0.29, 0.717) is 36.0 Å². The average molecular weight is 384 g/mol. The zero-order valence-corrected chi connectivity index (χ0v) is 17.0. The molecule has 1 spiro atoms. The first-order valence-corrected chi connectivity index (χ1v) is 11.7. The number of carbonyl (C=O) groups excluding carboxylic acids is 1. The summed E-state index contributed by atoms with van der Waals surface area (Å²) in [7, 11) is 0. The van der Waals surface area contributed by atoms with Crippen LogP contribution in [-0.4, -0.2) is 29.0 Å². The minimum Gasteiger partial charge on any atom is -0.458 e. The highest BCUT2D eigenvalue weighted by Gasteiger charge is 2.79. The summed E-state index contributed by atoms with van der Waals surface area (Å²) in [6, 6.07) is 0. The first-order valence-electron chi connectivity index (χ1n) is 11.7. The van der Waals surface area contributed by atoms with E-state index in [1.165, 1.54) is 24.8 Å². The van der Waals surface area contributed by atoms with Gasteiger partial charge in [0.2, 0.25) is 0 Å². The number of fused-ring (bicyclic) bond motifs is 9. The molecule has 0 aromatic carbocycles. The fourth-order valence-corrected chi connectivity index (χ4v) is 9.34. The van der Waals surface area contributed by atoms with Gasteiger partial charge in [0.25, 0.3) is 0 Å². The van der Waals surface area contributed by atoms with Crippen LogP contribution in [0.4, 0.5) is 0 Å². The maximum atomic E-state index is 12.2. The molecule has 1 saturated heterocycles. The molecule has 5 fully saturated rings. The summed E-state index contributed by atoms with van der Waals surface area (Å²) in [6.45, 7) is 2.56. The minimum absolute atomic E-state index is 0.0362. The van der Waals surface area contributed by atoms with Crippen LogP contribution < -0.4 is 0 Å². The quantitative estimate of drug-likeness (QED) is 0.705. The topological polar surface area (TPSA) is 70.4 Å². The number of hydrogen-bond acceptors (Lipinski definition) is 4. The number of aliphatic hydroxyl groups is 1. The molecule has 0 radical (unpaired) electrons. The minimum atomic E-state index is -0.168. The Kier molecular flexibility index (Phi) is 3.61. The van der Waals surface area contributed by atoms with Crippen molar-refractivity contribution in [2.45, 2.75) is 70.3 Å². The standard InChI is InChI=1S/C24H33NO3/c1-2-23-7-5-16-15-4-3-14(25)10-17(15)13(12-26)9-18(16)22(23)19-11-20(19)24(23)8-6-21(27)28-24/h10,13,15-16,18-20,22,25-26H,2-9,11-12H2,1H3/t13-,15?,16?,18?,19-,20+,22?,23-,24?/m0/s1. The Morgan fingerprint density at radius 3 is 2.75 bits per heavy atom. The Hall–Kier alpha value is -1.16. The molecule has 0 amide bonds. The van der Waals surface area contributed by atoms with E-state index in [2.05, 4.69) is 13.0 Å². The first-order chi connectivity index (χ1) is 13.5. The van der Waals surface area contributed by atoms with Crippen molar-refractivity contribution >= 4 is 11.7 Å². The molecule has 0 bridgehead atoms. The highest BCUT2D eigenvalue weighted by atomic mass is 16.6. The molecule has 1 heterocycles. The van der Waals surface area contributed by atoms with Crippen LogP contribution in [0.3, 0.4) is 0 Å². The van der Waals surface area contributed by atoms with E-state index in [9.17, 15) is 9.90 Å². The number of esters is 1. The zero-order chi connectivity index (χ0) is 19.3. The third-order valence-corrected chi connectivity index (χ3v) is 10.2. The van der Waals surface area contributed by atoms with Crippen molar-refractivity contribution < 1.29 is 14.6 Å². The SMILES string of the molecule is CC[C@]12CCC3C4CCC(=N)C=C4[C@H](CO)CC3C1[C@H]1C[C@H]1C21CCC(=O)O1. The predicted molar refractivity (Wildman–Crippen MR) is 106 cm³/mol. The Balaban J connectivity index is 1.41. The molecule has 9 atom stereocenters. The Morgan fingerprint density at radius 2 is 2.04 bits per heavy atom. The Labute approximate surface area is 167 Å². The smallest absolute Gasteiger partial charge is 0.306 e. The molecule has 152 valence electrons. The molecule has 0 aromatic heterocycles. The van der Waals surface area contributed by atoms with E-state index in [1.807, 2.05) is 0 Å². The van der Waals surface area contributed by atoms with Gasteiger partial charge in [-0.3, -0.25) is 4.79 Å². The molecule has 6 rings (SSSR count). The monoisotopic (exact) mass is 383 g/mol. The van der Waals surface area contributed by atoms with Crippen molar-refractivity contribution in [3.05, 3.63) is 11.6 Å². The number of carbonyl (C=O) groups is 1. The van der Waals surface area contributed by atoms with Gasteiger partial charge >= 0.3 is 5.97 Å². The molecule has 5 unspecified atom stereocenters. The second-order valence-electron chi connectivity index (χ2n) is 10.7. The third-order valence-electron chi connectivity index (χ3n) is 10.2. The number of nitrogens with one attached hydrogen (secondary N) is 1. The molecule has 1 aliphatic heterocycles. The van der Waals surface area contributed by atoms with Gasteiger partial charge in [-0.15, -0.1) is 0 Å². The van der Waals surface area contributed by atoms with Crippen molar-refractivity contribution in [1.82, 2.24) is 0 Å². The van der Waals surface area contributed by atoms with Crippen LogP contribution in [0.5, 0.6) is 0 Å². The van der Waals surface area contributed by atoms with Gasteiger partial charge in [0.05, 0.1) is 0 Å². The van der Waals surface area contributed by atoms with Crippen LogP contribution in [0.15, 0.2) is 11.6 Å². The molecule has 4 saturated carbocycles. The van der Waals surface area contributed by atoms with E-state index in [0.717, 1.165) is 43.7 Å². The zero-order valence-electron chi connectivity index (χ0n) is 17.0. The lowest BCUT2D eigenvalue weighted by Crippen LogP contribution is -2.57. The van der Waals surface area contributed by atoms with E-state index in [1.54, 1.807) is 0 Å². The van der Waals surface area contributed by atoms with E-state index < -0.39 is 0 Å². The molecular formula is C24H33NO3. The van der Waals surface area contributed by atoms with Gasteiger partial charge in [-0.2, -0.15) is 0 Å². The van der Waals surface area contributed by atoms with E-state index in [-0.39, 0.29) is 29.5 Å². The van der Waals surface area contributed by atoms with Crippen molar-refractivity contribution in [2.75, 3.05) is 6.61 Å². The molecule has 2 N–H and O–H groups in total. The summed E-state index contributed by atoms with van der Waals surface area (Å²) >= 11 is 0. The fraction of sp³-hybridized carbons (Fsp3) is 0.833. The summed E-state index contributed by atoms with van der Waals surface area (Å²) in [5.74, 6) is 4.23. The summed E-state index contributed by atoms with van der Waals surface area (Å²) in [5.41, 5.74) is 2.15. The number of allylic oxidation sites excluding steroid dienone is 1. The van der Waals surface area contributed by atoms with Crippen molar-refractivity contribution in [3.8, 4) is 0 Å². The average Bonchev–Trinajstić information content (AvgIpc) is 3.34. The lowest BCUT2D eigenvalue weighted by atomic mass is 9.46. The Bertz CT molecular complexity index is 774. The molecule has 0 aromatic rings. The molecule has 5 aliphatic carbocycles. The predicted octanol–water partition coefficient (Wildman–Crippen LogP) is 4.12. The van der Waals surface area contributed by atoms with Crippen molar-refractivity contribution in [3.63, 3.8) is 0 Å². The molecule has 4 nitrogen and oxygen atoms in total. The summed E-state index contributed by atoms with van der Waals surface area (Å²) in [5, 5.41) is 18.4. The van der Waals surface area contributed by atoms with E-state index >= 15 is 0 Å². The fourth-order valence-electron chi connectivity index (χ4n) is 9.34. The number of rotatable bonds is 2. The second kappa shape index (κ2) is 5.71. The van der Waals surface area contributed by atoms with Gasteiger partial charge in [-0.1, -0.05) is 12.5 Å². The van der Waals surface area contributed by atoms with Gasteiger partial charge in [-0.25, -0.2) is 0 Å². The van der Waals surface area contributed by atoms with Crippen LogP contribution in [0.2, 0.25) is 0 Å². The van der Waals surface area contributed by atoms with Gasteiger partial charge in [0.15, 0.2) is 0 Å². The van der Waals surface area contributed by atoms with Crippen molar-refractivity contribution in [2.24, 2.45) is 46.8 Å². The van der Waals surface area contributed by atoms with Gasteiger partial charge < -0.3 is 15.3 Å². The van der Waals surface area contributed by atoms with Crippen molar-refractivity contribution in [1.29, 1.82) is 5.41 Å². The second-order valence-corrected chi connectivity index (χ2v) is 10.7. The Morgan fingerprint density at radius 1 is 1.18 bits per heavy atom. The lowest BCUT2D eigenvalue weighted by molar-refractivity contribution is -0.180. The number of hydrogen-bond donors (Lipinski definition) is 2. The summed E-state index contributed by atoms with van der Waals surface area (Å²) in [6.07, 6.45) is 11.6. The largest absolute Gasteiger partial charge is 0.458 e. The van der Waals surface area contributed by atoms with Crippen LogP contribution in [0.1, 0.15) is 64.7 Å². The lowest BCUT2D eigenvalue weighted by Gasteiger charge is -2.59. The highest BCUT2D eigenvalue weighted by Crippen LogP contribution is 2.79. The summed E-state index contributed by atoms with van der Waals surface area (Å²) < 4.78 is 6.25. The van der Waals surface area contributed by atoms with Gasteiger partial charge in [0.1, 0.15) is 5.60 Å². The van der Waals surface area contributed by atoms with Crippen LogP contribution in [0, 0.1) is 52.2 Å². The number of aliphatic hydroxyl groups excluding tert-OH is 1. The van der Waals surface area contributed by atoms with Crippen LogP contribution in [-0.2, 0) is 9.53 Å². The highest BCUT2D eigenvalue weighted by molar-refractivity contribution is 5.94. The molecule has 6 aliphatic rings. The van der Waals surface area contributed by atoms with Gasteiger partial charge in [-0.05, 0) is 87.0 Å². The third kappa shape index (κ3) is 1.96. The van der Waals surface area contributed by atoms with Crippen LogP contribution >= 0.6 is 0 Å². The summed E-state index contributed by atoms with van der Waals surface area (Å²) in [4.78, 5) is 12.2. The first kappa shape index (κ1) is 17.7. The van der Waals surface area contributed by atoms with Crippen LogP contribution in [0.25, 0.3) is 0 Å². The molecule has 28 heavy (non-hydrogen) atoms. The maximum absolute atomic E-state index is 12.2. The molecule has 4 heteroatoms. The van der Waals surface area contributed by atoms with Gasteiger partial charge in [0, 0.05) is 36.0 Å². The maximum Gasteiger partial charge on any atom is 0.306 e. The number of ether oxygens (including phenoxy) is 1. The van der Waals surface area contributed by atoms with E-state index in [4.69, 9.17) is 10.1 Å².